The number of ether oxygens (including phenoxy) is 2. The molecule has 1 aliphatic rings. The number of hydrogen-bond acceptors (Lipinski definition) is 6. The molecule has 0 aromatic heterocycles. The van der Waals surface area contributed by atoms with Gasteiger partial charge in [-0.1, -0.05) is 12.8 Å². The van der Waals surface area contributed by atoms with Crippen LogP contribution in [0.4, 0.5) is 10.1 Å². The molecule has 10 heteroatoms. The summed E-state index contributed by atoms with van der Waals surface area (Å²) < 4.78 is 51.6. The molecule has 34 heavy (non-hydrogen) atoms. The lowest BCUT2D eigenvalue weighted by molar-refractivity contribution is -0.117. The number of nitrogens with one attached hydrogen (secondary N) is 1. The smallest absolute Gasteiger partial charge is 0.243 e. The number of nitrogens with zero attached hydrogens (tertiary/aromatic N) is 2. The molecule has 2 aromatic carbocycles. The van der Waals surface area contributed by atoms with E-state index in [1.54, 1.807) is 30.1 Å². The summed E-state index contributed by atoms with van der Waals surface area (Å²) in [5, 5.41) is 2.76. The van der Waals surface area contributed by atoms with Crippen LogP contribution in [0.25, 0.3) is 0 Å². The van der Waals surface area contributed by atoms with E-state index in [1.807, 2.05) is 0 Å². The van der Waals surface area contributed by atoms with E-state index in [1.165, 1.54) is 35.7 Å². The fraction of sp³-hybridized carbons (Fsp3) is 0.458. The number of carbonyl (C=O) groups is 1. The number of benzene rings is 2. The minimum atomic E-state index is -3.66. The first-order valence-corrected chi connectivity index (χ1v) is 12.8. The van der Waals surface area contributed by atoms with Gasteiger partial charge in [0.15, 0.2) is 0 Å². The van der Waals surface area contributed by atoms with Gasteiger partial charge in [-0.3, -0.25) is 9.69 Å². The van der Waals surface area contributed by atoms with Crippen LogP contribution in [-0.4, -0.2) is 70.5 Å². The molecule has 1 fully saturated rings. The zero-order valence-corrected chi connectivity index (χ0v) is 20.4. The van der Waals surface area contributed by atoms with Gasteiger partial charge in [-0.15, -0.1) is 0 Å². The molecular weight excluding hydrogens is 461 g/mol. The largest absolute Gasteiger partial charge is 0.495 e. The van der Waals surface area contributed by atoms with Crippen molar-refractivity contribution in [1.82, 2.24) is 9.21 Å². The van der Waals surface area contributed by atoms with Crippen molar-refractivity contribution in [2.24, 2.45) is 0 Å². The third kappa shape index (κ3) is 7.15. The van der Waals surface area contributed by atoms with Crippen LogP contribution < -0.4 is 14.8 Å². The molecule has 1 N–H and O–H groups in total. The maximum Gasteiger partial charge on any atom is 0.243 e. The van der Waals surface area contributed by atoms with E-state index in [-0.39, 0.29) is 23.2 Å². The predicted molar refractivity (Wildman–Crippen MR) is 128 cm³/mol. The summed E-state index contributed by atoms with van der Waals surface area (Å²) in [7, 11) is -0.423. The number of sulfonamides is 1. The molecule has 0 aliphatic carbocycles. The Hall–Kier alpha value is -2.69. The molecule has 186 valence electrons. The Labute approximate surface area is 200 Å². The van der Waals surface area contributed by atoms with Crippen LogP contribution in [0.2, 0.25) is 0 Å². The van der Waals surface area contributed by atoms with Crippen LogP contribution in [0.3, 0.4) is 0 Å². The summed E-state index contributed by atoms with van der Waals surface area (Å²) in [6, 6.07) is 10.2. The summed E-state index contributed by atoms with van der Waals surface area (Å²) in [4.78, 5) is 14.5. The lowest BCUT2D eigenvalue weighted by atomic mass is 10.2. The molecule has 1 saturated heterocycles. The van der Waals surface area contributed by atoms with Gasteiger partial charge in [-0.2, -0.15) is 4.31 Å². The van der Waals surface area contributed by atoms with Crippen LogP contribution in [0, 0.1) is 5.82 Å². The SMILES string of the molecule is COc1ccc(S(=O)(=O)N2CCCCCC2)cc1NC(=O)CN(C)CCOc1ccc(F)cc1. The van der Waals surface area contributed by atoms with E-state index in [9.17, 15) is 17.6 Å². The molecular formula is C24H32FN3O5S. The van der Waals surface area contributed by atoms with Crippen molar-refractivity contribution in [2.75, 3.05) is 52.3 Å². The quantitative estimate of drug-likeness (QED) is 0.546. The van der Waals surface area contributed by atoms with Crippen molar-refractivity contribution < 1.29 is 27.1 Å². The Morgan fingerprint density at radius 1 is 1.09 bits per heavy atom. The van der Waals surface area contributed by atoms with Crippen LogP contribution in [-0.2, 0) is 14.8 Å². The number of likely N-dealkylation sites (N-methyl/N-ethyl adjacent to an activating group) is 1. The van der Waals surface area contributed by atoms with Crippen molar-refractivity contribution in [3.63, 3.8) is 0 Å². The van der Waals surface area contributed by atoms with Gasteiger partial charge in [0.2, 0.25) is 15.9 Å². The second-order valence-corrected chi connectivity index (χ2v) is 10.2. The van der Waals surface area contributed by atoms with Gasteiger partial charge in [-0.25, -0.2) is 12.8 Å². The average Bonchev–Trinajstić information content (AvgIpc) is 3.10. The number of hydrogen-bond donors (Lipinski definition) is 1. The number of anilines is 1. The molecule has 3 rings (SSSR count). The Kier molecular flexibility index (Phi) is 9.26. The summed E-state index contributed by atoms with van der Waals surface area (Å²) in [6.07, 6.45) is 3.74. The van der Waals surface area contributed by atoms with E-state index in [2.05, 4.69) is 5.32 Å². The fourth-order valence-electron chi connectivity index (χ4n) is 3.74. The highest BCUT2D eigenvalue weighted by atomic mass is 32.2. The maximum atomic E-state index is 13.1. The van der Waals surface area contributed by atoms with Crippen molar-refractivity contribution in [3.8, 4) is 11.5 Å². The third-order valence-electron chi connectivity index (χ3n) is 5.62. The number of methoxy groups -OCH3 is 1. The third-order valence-corrected chi connectivity index (χ3v) is 7.51. The maximum absolute atomic E-state index is 13.1. The second-order valence-electron chi connectivity index (χ2n) is 8.27. The van der Waals surface area contributed by atoms with E-state index in [0.29, 0.717) is 43.4 Å². The molecule has 0 unspecified atom stereocenters. The molecule has 0 atom stereocenters. The van der Waals surface area contributed by atoms with Crippen molar-refractivity contribution in [1.29, 1.82) is 0 Å². The van der Waals surface area contributed by atoms with Crippen molar-refractivity contribution >= 4 is 21.6 Å². The Balaban J connectivity index is 1.59. The molecule has 1 heterocycles. The number of amides is 1. The molecule has 0 radical (unpaired) electrons. The minimum Gasteiger partial charge on any atom is -0.495 e. The van der Waals surface area contributed by atoms with Gasteiger partial charge in [0.05, 0.1) is 24.2 Å². The Morgan fingerprint density at radius 2 is 1.76 bits per heavy atom. The summed E-state index contributed by atoms with van der Waals surface area (Å²) in [6.45, 7) is 1.86. The van der Waals surface area contributed by atoms with Crippen LogP contribution >= 0.6 is 0 Å². The normalized spacial score (nSPS) is 15.1. The van der Waals surface area contributed by atoms with E-state index in [0.717, 1.165) is 25.7 Å². The molecule has 1 aliphatic heterocycles. The molecule has 0 saturated carbocycles. The Morgan fingerprint density at radius 3 is 2.41 bits per heavy atom. The standard InChI is InChI=1S/C24H32FN3O5S/c1-27(15-16-33-20-9-7-19(25)8-10-20)18-24(29)26-22-17-21(11-12-23(22)32-2)34(30,31)28-13-5-3-4-6-14-28/h7-12,17H,3-6,13-16,18H2,1-2H3,(H,26,29). The van der Waals surface area contributed by atoms with Gasteiger partial charge in [0, 0.05) is 19.6 Å². The fourth-order valence-corrected chi connectivity index (χ4v) is 5.28. The first kappa shape index (κ1) is 25.9. The summed E-state index contributed by atoms with van der Waals surface area (Å²) in [5.74, 6) is 0.281. The highest BCUT2D eigenvalue weighted by Crippen LogP contribution is 2.29. The van der Waals surface area contributed by atoms with Gasteiger partial charge in [-0.05, 0) is 62.4 Å². The zero-order chi connectivity index (χ0) is 24.6. The monoisotopic (exact) mass is 493 g/mol. The molecule has 2 aromatic rings. The number of carbonyl (C=O) groups excluding carboxylic acids is 1. The number of rotatable bonds is 10. The highest BCUT2D eigenvalue weighted by molar-refractivity contribution is 7.89. The first-order valence-electron chi connectivity index (χ1n) is 11.3. The highest BCUT2D eigenvalue weighted by Gasteiger charge is 2.26. The van der Waals surface area contributed by atoms with Crippen LogP contribution in [0.15, 0.2) is 47.4 Å². The lowest BCUT2D eigenvalue weighted by Gasteiger charge is -2.21. The zero-order valence-electron chi connectivity index (χ0n) is 19.6. The van der Waals surface area contributed by atoms with E-state index < -0.39 is 10.0 Å². The van der Waals surface area contributed by atoms with E-state index in [4.69, 9.17) is 9.47 Å². The molecule has 8 nitrogen and oxygen atoms in total. The summed E-state index contributed by atoms with van der Waals surface area (Å²) in [5.41, 5.74) is 0.305. The van der Waals surface area contributed by atoms with Gasteiger partial charge in [0.1, 0.15) is 23.9 Å². The minimum absolute atomic E-state index is 0.0685. The first-order chi connectivity index (χ1) is 16.3. The van der Waals surface area contributed by atoms with Crippen molar-refractivity contribution in [3.05, 3.63) is 48.3 Å². The van der Waals surface area contributed by atoms with Crippen LogP contribution in [0.1, 0.15) is 25.7 Å². The topological polar surface area (TPSA) is 88.2 Å². The van der Waals surface area contributed by atoms with Gasteiger partial charge in [0.25, 0.3) is 0 Å². The molecule has 0 spiro atoms. The van der Waals surface area contributed by atoms with Gasteiger partial charge >= 0.3 is 0 Å². The number of halogens is 1. The predicted octanol–water partition coefficient (Wildman–Crippen LogP) is 3.35. The van der Waals surface area contributed by atoms with Crippen molar-refractivity contribution in [2.45, 2.75) is 30.6 Å². The average molecular weight is 494 g/mol. The lowest BCUT2D eigenvalue weighted by Crippen LogP contribution is -2.33. The summed E-state index contributed by atoms with van der Waals surface area (Å²) >= 11 is 0. The van der Waals surface area contributed by atoms with E-state index >= 15 is 0 Å². The molecule has 1 amide bonds. The molecule has 0 bridgehead atoms. The second kappa shape index (κ2) is 12.1. The Bertz CT molecular complexity index is 1050. The van der Waals surface area contributed by atoms with Crippen LogP contribution in [0.5, 0.6) is 11.5 Å². The van der Waals surface area contributed by atoms with Gasteiger partial charge < -0.3 is 14.8 Å².